The van der Waals surface area contributed by atoms with Gasteiger partial charge in [-0.25, -0.2) is 4.98 Å². The second kappa shape index (κ2) is 7.94. The largest absolute Gasteiger partial charge is 0.494 e. The average Bonchev–Trinajstić information content (AvgIpc) is 3.17. The van der Waals surface area contributed by atoms with Crippen LogP contribution in [0, 0.1) is 0 Å². The number of alkyl halides is 3. The Balaban J connectivity index is 1.62. The van der Waals surface area contributed by atoms with E-state index in [0.29, 0.717) is 17.0 Å². The van der Waals surface area contributed by atoms with E-state index in [1.54, 1.807) is 12.1 Å². The van der Waals surface area contributed by atoms with Crippen LogP contribution in [0.2, 0.25) is 0 Å². The number of nitrogens with zero attached hydrogens (tertiary/aromatic N) is 3. The van der Waals surface area contributed by atoms with Crippen LogP contribution in [-0.2, 0) is 6.18 Å². The molecule has 3 aromatic rings. The maximum atomic E-state index is 12.9. The fourth-order valence-corrected chi connectivity index (χ4v) is 3.52. The molecule has 2 aromatic heterocycles. The number of hydrogen-bond donors (Lipinski definition) is 2. The monoisotopic (exact) mass is 419 g/mol. The molecule has 2 N–H and O–H groups in total. The predicted octanol–water partition coefficient (Wildman–Crippen LogP) is 3.64. The van der Waals surface area contributed by atoms with Gasteiger partial charge in [-0.3, -0.25) is 9.48 Å². The molecule has 4 rings (SSSR count). The van der Waals surface area contributed by atoms with Crippen molar-refractivity contribution >= 4 is 22.5 Å². The highest BCUT2D eigenvalue weighted by atomic mass is 19.4. The molecule has 0 saturated carbocycles. The van der Waals surface area contributed by atoms with Crippen LogP contribution in [0.5, 0.6) is 5.75 Å². The zero-order valence-corrected chi connectivity index (χ0v) is 16.2. The Morgan fingerprint density at radius 3 is 2.73 bits per heavy atom. The van der Waals surface area contributed by atoms with Gasteiger partial charge in [-0.1, -0.05) is 6.07 Å². The number of methoxy groups -OCH3 is 1. The first kappa shape index (κ1) is 20.1. The Kier molecular flexibility index (Phi) is 5.33. The Bertz CT molecular complexity index is 1070. The van der Waals surface area contributed by atoms with E-state index in [2.05, 4.69) is 20.7 Å². The number of aromatic nitrogens is 3. The molecule has 7 nitrogen and oxygen atoms in total. The number of pyridine rings is 1. The zero-order chi connectivity index (χ0) is 21.3. The van der Waals surface area contributed by atoms with E-state index in [1.807, 2.05) is 10.9 Å². The summed E-state index contributed by atoms with van der Waals surface area (Å²) in [7, 11) is 1.50. The van der Waals surface area contributed by atoms with Crippen molar-refractivity contribution in [2.75, 3.05) is 25.5 Å². The summed E-state index contributed by atoms with van der Waals surface area (Å²) in [6, 6.07) is 6.78. The summed E-state index contributed by atoms with van der Waals surface area (Å²) in [5.74, 6) is -0.277. The third-order valence-corrected chi connectivity index (χ3v) is 5.02. The number of carbonyl (C=O) groups is 1. The van der Waals surface area contributed by atoms with Gasteiger partial charge < -0.3 is 15.4 Å². The van der Waals surface area contributed by atoms with Gasteiger partial charge in [0.15, 0.2) is 0 Å². The van der Waals surface area contributed by atoms with Gasteiger partial charge >= 0.3 is 6.18 Å². The van der Waals surface area contributed by atoms with Gasteiger partial charge in [-0.15, -0.1) is 0 Å². The van der Waals surface area contributed by atoms with E-state index in [4.69, 9.17) is 4.74 Å². The number of rotatable bonds is 4. The zero-order valence-electron chi connectivity index (χ0n) is 16.2. The highest BCUT2D eigenvalue weighted by molar-refractivity contribution is 6.04. The summed E-state index contributed by atoms with van der Waals surface area (Å²) < 4.78 is 45.9. The Morgan fingerprint density at radius 1 is 1.27 bits per heavy atom. The van der Waals surface area contributed by atoms with Gasteiger partial charge in [-0.2, -0.15) is 18.3 Å². The average molecular weight is 419 g/mol. The van der Waals surface area contributed by atoms with E-state index in [0.717, 1.165) is 43.5 Å². The van der Waals surface area contributed by atoms with Gasteiger partial charge in [0.05, 0.1) is 13.2 Å². The number of anilines is 1. The molecular formula is C20H20F3N5O2. The first-order valence-corrected chi connectivity index (χ1v) is 9.48. The van der Waals surface area contributed by atoms with Crippen molar-refractivity contribution in [2.45, 2.75) is 25.1 Å². The molecule has 1 aliphatic rings. The first-order valence-electron chi connectivity index (χ1n) is 9.48. The molecule has 1 aliphatic heterocycles. The minimum atomic E-state index is -4.62. The van der Waals surface area contributed by atoms with Crippen LogP contribution in [0.25, 0.3) is 10.9 Å². The highest BCUT2D eigenvalue weighted by Gasteiger charge is 2.33. The Hall–Kier alpha value is -3.14. The molecule has 0 radical (unpaired) electrons. The summed E-state index contributed by atoms with van der Waals surface area (Å²) in [5.41, 5.74) is -0.402. The maximum absolute atomic E-state index is 12.9. The van der Waals surface area contributed by atoms with E-state index < -0.39 is 17.8 Å². The van der Waals surface area contributed by atoms with E-state index >= 15 is 0 Å². The first-order chi connectivity index (χ1) is 14.3. The second-order valence-corrected chi connectivity index (χ2v) is 7.07. The number of ether oxygens (including phenoxy) is 1. The number of benzene rings is 1. The summed E-state index contributed by atoms with van der Waals surface area (Å²) in [6.45, 7) is 1.84. The predicted molar refractivity (Wildman–Crippen MR) is 105 cm³/mol. The van der Waals surface area contributed by atoms with Crippen molar-refractivity contribution in [3.05, 3.63) is 47.9 Å². The summed E-state index contributed by atoms with van der Waals surface area (Å²) >= 11 is 0. The fraction of sp³-hybridized carbons (Fsp3) is 0.350. The van der Waals surface area contributed by atoms with Gasteiger partial charge in [0.2, 0.25) is 0 Å². The van der Waals surface area contributed by atoms with Crippen LogP contribution in [0.3, 0.4) is 0 Å². The van der Waals surface area contributed by atoms with Gasteiger partial charge in [0.1, 0.15) is 22.7 Å². The molecule has 158 valence electrons. The molecule has 3 heterocycles. The molecule has 0 bridgehead atoms. The number of fused-ring (bicyclic) bond motifs is 1. The van der Waals surface area contributed by atoms with Crippen molar-refractivity contribution < 1.29 is 22.7 Å². The Labute approximate surface area is 170 Å². The Morgan fingerprint density at radius 2 is 2.03 bits per heavy atom. The molecular weight excluding hydrogens is 399 g/mol. The third kappa shape index (κ3) is 4.09. The van der Waals surface area contributed by atoms with Crippen LogP contribution in [0.15, 0.2) is 36.5 Å². The fourth-order valence-electron chi connectivity index (χ4n) is 3.52. The summed E-state index contributed by atoms with van der Waals surface area (Å²) in [6.07, 6.45) is -0.810. The molecule has 0 unspecified atom stereocenters. The number of hydrogen-bond acceptors (Lipinski definition) is 5. The van der Waals surface area contributed by atoms with Crippen LogP contribution in [0.4, 0.5) is 18.9 Å². The lowest BCUT2D eigenvalue weighted by molar-refractivity contribution is -0.141. The molecule has 1 saturated heterocycles. The number of carbonyl (C=O) groups excluding carboxylic acids is 1. The molecule has 0 aliphatic carbocycles. The molecule has 1 fully saturated rings. The molecule has 1 amide bonds. The lowest BCUT2D eigenvalue weighted by Crippen LogP contribution is -2.29. The van der Waals surface area contributed by atoms with Crippen molar-refractivity contribution in [3.8, 4) is 5.75 Å². The number of piperidine rings is 1. The van der Waals surface area contributed by atoms with Crippen molar-refractivity contribution in [3.63, 3.8) is 0 Å². The SMILES string of the molecule is COc1cc(NC(=O)c2cccc(C(F)(F)F)n2)cc2cn(C3CCNCC3)nc12. The molecule has 1 aromatic carbocycles. The molecule has 30 heavy (non-hydrogen) atoms. The number of amides is 1. The van der Waals surface area contributed by atoms with Crippen LogP contribution < -0.4 is 15.4 Å². The quantitative estimate of drug-likeness (QED) is 0.675. The highest BCUT2D eigenvalue weighted by Crippen LogP contribution is 2.31. The van der Waals surface area contributed by atoms with E-state index in [1.165, 1.54) is 13.2 Å². The summed E-state index contributed by atoms with van der Waals surface area (Å²) in [4.78, 5) is 15.9. The number of halogens is 3. The van der Waals surface area contributed by atoms with E-state index in [-0.39, 0.29) is 11.7 Å². The smallest absolute Gasteiger partial charge is 0.433 e. The van der Waals surface area contributed by atoms with Crippen LogP contribution in [0.1, 0.15) is 35.1 Å². The second-order valence-electron chi connectivity index (χ2n) is 7.07. The molecule has 10 heteroatoms. The standard InChI is InChI=1S/C20H20F3N5O2/c1-30-16-10-13(25-19(29)15-3-2-4-17(26-15)20(21,22)23)9-12-11-28(27-18(12)16)14-5-7-24-8-6-14/h2-4,9-11,14,24H,5-8H2,1H3,(H,25,29). The normalized spacial score (nSPS) is 15.3. The molecule has 0 spiro atoms. The summed E-state index contributed by atoms with van der Waals surface area (Å²) in [5, 5.41) is 11.3. The minimum Gasteiger partial charge on any atom is -0.494 e. The third-order valence-electron chi connectivity index (χ3n) is 5.02. The maximum Gasteiger partial charge on any atom is 0.433 e. The van der Waals surface area contributed by atoms with Crippen molar-refractivity contribution in [2.24, 2.45) is 0 Å². The number of nitrogens with one attached hydrogen (secondary N) is 2. The van der Waals surface area contributed by atoms with Gasteiger partial charge in [0.25, 0.3) is 5.91 Å². The van der Waals surface area contributed by atoms with Gasteiger partial charge in [0, 0.05) is 23.3 Å². The lowest BCUT2D eigenvalue weighted by atomic mass is 10.1. The van der Waals surface area contributed by atoms with Gasteiger partial charge in [-0.05, 0) is 44.1 Å². The topological polar surface area (TPSA) is 81.1 Å². The van der Waals surface area contributed by atoms with Crippen LogP contribution >= 0.6 is 0 Å². The minimum absolute atomic E-state index is 0.274. The van der Waals surface area contributed by atoms with Crippen LogP contribution in [-0.4, -0.2) is 40.9 Å². The van der Waals surface area contributed by atoms with Crippen molar-refractivity contribution in [1.29, 1.82) is 0 Å². The van der Waals surface area contributed by atoms with Crippen molar-refractivity contribution in [1.82, 2.24) is 20.1 Å². The lowest BCUT2D eigenvalue weighted by Gasteiger charge is -2.22. The van der Waals surface area contributed by atoms with E-state index in [9.17, 15) is 18.0 Å². The molecule has 0 atom stereocenters.